The van der Waals surface area contributed by atoms with E-state index < -0.39 is 0 Å². The van der Waals surface area contributed by atoms with Gasteiger partial charge in [0.25, 0.3) is 0 Å². The van der Waals surface area contributed by atoms with Gasteiger partial charge in [-0.05, 0) is 16.3 Å². The van der Waals surface area contributed by atoms with Crippen LogP contribution in [0.15, 0.2) is 0 Å². The molecule has 0 spiro atoms. The predicted molar refractivity (Wildman–Crippen MR) is 34.1 cm³/mol. The summed E-state index contributed by atoms with van der Waals surface area (Å²) in [6, 6.07) is 0. The molecule has 0 aliphatic heterocycles. The molecule has 0 rings (SSSR count). The standard InChI is InChI=1S/C5H12Si/c1-2-3-4-5-6/h5H,2-4,6H2,1H3. The van der Waals surface area contributed by atoms with E-state index >= 15 is 0 Å². The van der Waals surface area contributed by atoms with Gasteiger partial charge in [-0.25, -0.2) is 0 Å². The van der Waals surface area contributed by atoms with Gasteiger partial charge < -0.3 is 0 Å². The van der Waals surface area contributed by atoms with Gasteiger partial charge in [0, 0.05) is 0 Å². The average molecular weight is 100 g/mol. The Hall–Kier alpha value is 0.0869. The van der Waals surface area contributed by atoms with Crippen LogP contribution in [-0.4, -0.2) is 15.5 Å². The molecule has 0 saturated heterocycles. The lowest BCUT2D eigenvalue weighted by Gasteiger charge is -1.82. The topological polar surface area (TPSA) is 0 Å². The molecule has 0 fully saturated rings. The van der Waals surface area contributed by atoms with Crippen molar-refractivity contribution in [3.63, 3.8) is 0 Å². The molecule has 0 nitrogen and oxygen atoms in total. The molecule has 0 aliphatic rings. The smallest absolute Gasteiger partial charge is 0.0288 e. The summed E-state index contributed by atoms with van der Waals surface area (Å²) in [6.07, 6.45) is 3.99. The molecule has 6 heavy (non-hydrogen) atoms. The van der Waals surface area contributed by atoms with Crippen molar-refractivity contribution in [3.05, 3.63) is 0 Å². The van der Waals surface area contributed by atoms with E-state index in [0.717, 1.165) is 0 Å². The third-order valence-electron chi connectivity index (χ3n) is 0.762. The lowest BCUT2D eigenvalue weighted by molar-refractivity contribution is 0.846. The zero-order chi connectivity index (χ0) is 4.83. The largest absolute Gasteiger partial charge is 0.110 e. The van der Waals surface area contributed by atoms with Gasteiger partial charge >= 0.3 is 0 Å². The molecule has 0 N–H and O–H groups in total. The molecular weight excluding hydrogens is 88.1 g/mol. The Bertz CT molecular complexity index is 32.9. The Balaban J connectivity index is 2.49. The summed E-state index contributed by atoms with van der Waals surface area (Å²) in [4.78, 5) is 0. The Morgan fingerprint density at radius 1 is 1.67 bits per heavy atom. The van der Waals surface area contributed by atoms with Crippen molar-refractivity contribution in [2.45, 2.75) is 26.2 Å². The van der Waals surface area contributed by atoms with E-state index in [-0.39, 0.29) is 0 Å². The SMILES string of the molecule is CCCCC=[SiH2]. The van der Waals surface area contributed by atoms with Crippen LogP contribution in [0.25, 0.3) is 0 Å². The second-order valence-corrected chi connectivity index (χ2v) is 2.01. The van der Waals surface area contributed by atoms with Crippen LogP contribution in [0.3, 0.4) is 0 Å². The maximum absolute atomic E-state index is 2.24. The first-order chi connectivity index (χ1) is 2.91. The Morgan fingerprint density at radius 2 is 2.33 bits per heavy atom. The molecule has 0 radical (unpaired) electrons. The lowest BCUT2D eigenvalue weighted by Crippen LogP contribution is -1.71. The summed E-state index contributed by atoms with van der Waals surface area (Å²) in [5, 5.41) is 0. The maximum atomic E-state index is 2.24. The fourth-order valence-electron chi connectivity index (χ4n) is 0.348. The van der Waals surface area contributed by atoms with Gasteiger partial charge in [0.15, 0.2) is 0 Å². The second-order valence-electron chi connectivity index (χ2n) is 1.43. The Labute approximate surface area is 42.6 Å². The number of rotatable bonds is 3. The van der Waals surface area contributed by atoms with E-state index in [4.69, 9.17) is 0 Å². The van der Waals surface area contributed by atoms with E-state index in [2.05, 4.69) is 12.6 Å². The van der Waals surface area contributed by atoms with Crippen LogP contribution in [0, 0.1) is 0 Å². The molecule has 0 aromatic rings. The fourth-order valence-corrected chi connectivity index (χ4v) is 0.637. The second kappa shape index (κ2) is 5.09. The van der Waals surface area contributed by atoms with E-state index in [9.17, 15) is 0 Å². The van der Waals surface area contributed by atoms with Crippen LogP contribution >= 0.6 is 0 Å². The molecule has 0 saturated carbocycles. The van der Waals surface area contributed by atoms with Crippen molar-refractivity contribution in [2.75, 3.05) is 0 Å². The summed E-state index contributed by atoms with van der Waals surface area (Å²) < 4.78 is 0. The monoisotopic (exact) mass is 100 g/mol. The molecular formula is C5H12Si. The molecule has 36 valence electrons. The third kappa shape index (κ3) is 4.09. The van der Waals surface area contributed by atoms with Gasteiger partial charge in [0.1, 0.15) is 0 Å². The van der Waals surface area contributed by atoms with Gasteiger partial charge in [-0.2, -0.15) is 0 Å². The van der Waals surface area contributed by atoms with Crippen molar-refractivity contribution < 1.29 is 0 Å². The molecule has 0 aliphatic carbocycles. The van der Waals surface area contributed by atoms with Crippen molar-refractivity contribution in [1.82, 2.24) is 0 Å². The minimum Gasteiger partial charge on any atom is -0.110 e. The first kappa shape index (κ1) is 6.09. The van der Waals surface area contributed by atoms with Crippen molar-refractivity contribution in [3.8, 4) is 0 Å². The first-order valence-electron chi connectivity index (χ1n) is 2.52. The van der Waals surface area contributed by atoms with Gasteiger partial charge in [-0.1, -0.05) is 19.8 Å². The van der Waals surface area contributed by atoms with Gasteiger partial charge in [-0.15, -0.1) is 5.67 Å². The van der Waals surface area contributed by atoms with Crippen LogP contribution in [0.2, 0.25) is 0 Å². The molecule has 0 atom stereocenters. The van der Waals surface area contributed by atoms with Crippen LogP contribution in [0.4, 0.5) is 0 Å². The van der Waals surface area contributed by atoms with Crippen LogP contribution in [0.5, 0.6) is 0 Å². The number of hydrogen-bond acceptors (Lipinski definition) is 0. The highest BCUT2D eigenvalue weighted by Crippen LogP contribution is 1.86. The summed E-state index contributed by atoms with van der Waals surface area (Å²) >= 11 is 0. The molecule has 1 heteroatoms. The van der Waals surface area contributed by atoms with Crippen molar-refractivity contribution in [1.29, 1.82) is 0 Å². The minimum atomic E-state index is 1.30. The summed E-state index contributed by atoms with van der Waals surface area (Å²) in [7, 11) is 1.94. The van der Waals surface area contributed by atoms with E-state index in [0.29, 0.717) is 0 Å². The van der Waals surface area contributed by atoms with Gasteiger partial charge in [0.05, 0.1) is 0 Å². The van der Waals surface area contributed by atoms with Crippen LogP contribution in [-0.2, 0) is 0 Å². The van der Waals surface area contributed by atoms with E-state index in [1.165, 1.54) is 19.3 Å². The fraction of sp³-hybridized carbons (Fsp3) is 0.800. The highest BCUT2D eigenvalue weighted by Gasteiger charge is 1.71. The Kier molecular flexibility index (Phi) is 5.16. The number of hydrogen-bond donors (Lipinski definition) is 0. The van der Waals surface area contributed by atoms with Crippen molar-refractivity contribution >= 4 is 15.5 Å². The summed E-state index contributed by atoms with van der Waals surface area (Å²) in [5.41, 5.74) is 2.24. The summed E-state index contributed by atoms with van der Waals surface area (Å²) in [5.74, 6) is 0. The zero-order valence-electron chi connectivity index (χ0n) is 4.41. The average Bonchev–Trinajstić information content (AvgIpc) is 1.61. The highest BCUT2D eigenvalue weighted by molar-refractivity contribution is 6.27. The quantitative estimate of drug-likeness (QED) is 0.360. The molecule has 0 heterocycles. The summed E-state index contributed by atoms with van der Waals surface area (Å²) in [6.45, 7) is 2.21. The zero-order valence-corrected chi connectivity index (χ0v) is 5.82. The first-order valence-corrected chi connectivity index (χ1v) is 3.34. The third-order valence-corrected chi connectivity index (χ3v) is 1.17. The molecule has 0 unspecified atom stereocenters. The van der Waals surface area contributed by atoms with E-state index in [1.54, 1.807) is 0 Å². The van der Waals surface area contributed by atoms with Crippen molar-refractivity contribution in [2.24, 2.45) is 0 Å². The van der Waals surface area contributed by atoms with Gasteiger partial charge in [0.2, 0.25) is 0 Å². The lowest BCUT2D eigenvalue weighted by atomic mass is 10.3. The van der Waals surface area contributed by atoms with E-state index in [1.807, 2.05) is 9.85 Å². The Morgan fingerprint density at radius 3 is 2.50 bits per heavy atom. The predicted octanol–water partition coefficient (Wildman–Crippen LogP) is 0.612. The molecule has 0 aromatic heterocycles. The highest BCUT2D eigenvalue weighted by atomic mass is 28.1. The molecule has 0 aromatic carbocycles. The minimum absolute atomic E-state index is 1.30. The normalized spacial score (nSPS) is 8.17. The maximum Gasteiger partial charge on any atom is -0.0288 e. The van der Waals surface area contributed by atoms with Gasteiger partial charge in [-0.3, -0.25) is 0 Å². The van der Waals surface area contributed by atoms with Crippen LogP contribution in [0.1, 0.15) is 26.2 Å². The molecule has 0 amide bonds. The van der Waals surface area contributed by atoms with Crippen LogP contribution < -0.4 is 0 Å². The molecule has 0 bridgehead atoms. The number of unbranched alkanes of at least 4 members (excludes halogenated alkanes) is 2.